The molecule has 4 fully saturated rings. The van der Waals surface area contributed by atoms with Crippen molar-refractivity contribution in [2.45, 2.75) is 75.5 Å². The molecular formula is C76H60N12O16. The maximum Gasteiger partial charge on any atom is 0.264 e. The van der Waals surface area contributed by atoms with Crippen molar-refractivity contribution < 1.29 is 76.7 Å². The Morgan fingerprint density at radius 3 is 0.606 bits per heavy atom. The van der Waals surface area contributed by atoms with Crippen molar-refractivity contribution in [3.8, 4) is 0 Å². The van der Waals surface area contributed by atoms with Crippen LogP contribution in [0.25, 0.3) is 0 Å². The Hall–Kier alpha value is -13.9. The van der Waals surface area contributed by atoms with Gasteiger partial charge in [0.1, 0.15) is 24.2 Å². The molecule has 8 N–H and O–H groups in total. The lowest BCUT2D eigenvalue weighted by Crippen LogP contribution is -2.54. The van der Waals surface area contributed by atoms with E-state index in [0.717, 1.165) is 42.3 Å². The van der Waals surface area contributed by atoms with Gasteiger partial charge in [0.15, 0.2) is 0 Å². The maximum atomic E-state index is 12.9. The van der Waals surface area contributed by atoms with Crippen molar-refractivity contribution in [2.75, 3.05) is 21.3 Å². The van der Waals surface area contributed by atoms with E-state index in [9.17, 15) is 76.7 Å². The normalized spacial score (nSPS) is 19.4. The summed E-state index contributed by atoms with van der Waals surface area (Å²) in [6, 6.07) is 53.1. The molecule has 520 valence electrons. The first-order valence-corrected chi connectivity index (χ1v) is 32.9. The molecule has 8 aromatic carbocycles. The zero-order valence-corrected chi connectivity index (χ0v) is 54.8. The lowest BCUT2D eigenvalue weighted by atomic mass is 10.0. The van der Waals surface area contributed by atoms with Crippen LogP contribution in [-0.2, 0) is 38.4 Å². The SMILES string of the molecule is O=C1CC[C@H](N2C(=O)c3cccc(Nc4ccccc4)c3C2=O)C(=O)N1.O=C1CC[C@H](N2C(=O)c3cccc(Nc4ccccc4)c3C2=O)C(=O)N1.O=C1CC[C@H](N2C(=O)c3cccc(Nc4ccccc4)c3C2=O)C(=O)N1.O=C1CC[C@H](N2C(=O)c3cccc(Nc4ccccc4)c3C2=O)C(=O)N1. The van der Waals surface area contributed by atoms with Crippen LogP contribution in [-0.4, -0.2) is 138 Å². The highest BCUT2D eigenvalue weighted by Gasteiger charge is 2.50. The van der Waals surface area contributed by atoms with Crippen molar-refractivity contribution in [1.82, 2.24) is 40.9 Å². The first-order valence-electron chi connectivity index (χ1n) is 32.9. The quantitative estimate of drug-likeness (QED) is 0.0555. The number of imide groups is 8. The van der Waals surface area contributed by atoms with Crippen LogP contribution in [0.15, 0.2) is 194 Å². The van der Waals surface area contributed by atoms with Gasteiger partial charge in [0.05, 0.1) is 67.3 Å². The Bertz CT molecular complexity index is 4380. The second kappa shape index (κ2) is 29.1. The molecule has 8 heterocycles. The number of amides is 16. The average Bonchev–Trinajstić information content (AvgIpc) is 1.63. The van der Waals surface area contributed by atoms with E-state index in [2.05, 4.69) is 42.5 Å². The molecule has 0 unspecified atom stereocenters. The Labute approximate surface area is 590 Å². The summed E-state index contributed by atoms with van der Waals surface area (Å²) in [5, 5.41) is 21.3. The number of hydrogen-bond donors (Lipinski definition) is 8. The minimum atomic E-state index is -0.968. The maximum absolute atomic E-state index is 12.9. The van der Waals surface area contributed by atoms with Crippen LogP contribution in [0.1, 0.15) is 134 Å². The van der Waals surface area contributed by atoms with Crippen molar-refractivity contribution in [2.24, 2.45) is 0 Å². The lowest BCUT2D eigenvalue weighted by molar-refractivity contribution is -0.137. The summed E-state index contributed by atoms with van der Waals surface area (Å²) in [6.45, 7) is 0. The molecule has 8 aliphatic heterocycles. The van der Waals surface area contributed by atoms with E-state index in [-0.39, 0.29) is 95.9 Å². The molecule has 0 aromatic heterocycles. The number of benzene rings is 8. The minimum absolute atomic E-state index is 0.0962. The number of carbonyl (C=O) groups excluding carboxylic acids is 16. The van der Waals surface area contributed by atoms with E-state index in [1.165, 1.54) is 0 Å². The van der Waals surface area contributed by atoms with Gasteiger partial charge in [-0.25, -0.2) is 0 Å². The van der Waals surface area contributed by atoms with Gasteiger partial charge in [0, 0.05) is 48.4 Å². The fraction of sp³-hybridized carbons (Fsp3) is 0.158. The van der Waals surface area contributed by atoms with E-state index < -0.39 is 119 Å². The van der Waals surface area contributed by atoms with Gasteiger partial charge >= 0.3 is 0 Å². The van der Waals surface area contributed by atoms with Gasteiger partial charge in [-0.15, -0.1) is 0 Å². The molecule has 28 heteroatoms. The zero-order chi connectivity index (χ0) is 73.0. The van der Waals surface area contributed by atoms with Crippen LogP contribution in [0.4, 0.5) is 45.5 Å². The van der Waals surface area contributed by atoms with Gasteiger partial charge in [-0.05, 0) is 123 Å². The average molecular weight is 1400 g/mol. The standard InChI is InChI=1S/4C19H15N3O4/c4*23-15-10-9-14(17(24)21-15)22-18(25)12-7-4-8-13(16(12)19(22)26)20-11-5-2-1-3-6-11/h4*1-8,14,20H,9-10H2,(H,21,23,24)/t4*14-/m0000/s1. The van der Waals surface area contributed by atoms with E-state index in [4.69, 9.17) is 0 Å². The summed E-state index contributed by atoms with van der Waals surface area (Å²) in [7, 11) is 0. The number of nitrogens with zero attached hydrogens (tertiary/aromatic N) is 4. The molecule has 0 bridgehead atoms. The first kappa shape index (κ1) is 68.6. The fourth-order valence-corrected chi connectivity index (χ4v) is 13.2. The Morgan fingerprint density at radius 2 is 0.423 bits per heavy atom. The van der Waals surface area contributed by atoms with Gasteiger partial charge < -0.3 is 21.3 Å². The van der Waals surface area contributed by atoms with Gasteiger partial charge in [-0.3, -0.25) is 118 Å². The monoisotopic (exact) mass is 1400 g/mol. The van der Waals surface area contributed by atoms with E-state index in [0.29, 0.717) is 22.7 Å². The molecule has 28 nitrogen and oxygen atoms in total. The number of piperidine rings is 4. The molecular weight excluding hydrogens is 1340 g/mol. The van der Waals surface area contributed by atoms with E-state index in [1.807, 2.05) is 121 Å². The fourth-order valence-electron chi connectivity index (χ4n) is 13.2. The highest BCUT2D eigenvalue weighted by Crippen LogP contribution is 2.39. The molecule has 104 heavy (non-hydrogen) atoms. The van der Waals surface area contributed by atoms with Crippen molar-refractivity contribution in [1.29, 1.82) is 0 Å². The number of rotatable bonds is 12. The summed E-state index contributed by atoms with van der Waals surface area (Å²) in [4.78, 5) is 200. The second-order valence-corrected chi connectivity index (χ2v) is 24.7. The predicted octanol–water partition coefficient (Wildman–Crippen LogP) is 7.33. The number of nitrogens with one attached hydrogen (secondary N) is 8. The zero-order valence-electron chi connectivity index (χ0n) is 54.8. The third-order valence-electron chi connectivity index (χ3n) is 18.1. The van der Waals surface area contributed by atoms with Gasteiger partial charge in [0.25, 0.3) is 47.3 Å². The smallest absolute Gasteiger partial charge is 0.264 e. The van der Waals surface area contributed by atoms with Crippen LogP contribution < -0.4 is 42.5 Å². The molecule has 0 saturated carbocycles. The molecule has 16 rings (SSSR count). The van der Waals surface area contributed by atoms with Crippen LogP contribution in [0.2, 0.25) is 0 Å². The molecule has 16 amide bonds. The van der Waals surface area contributed by atoms with Crippen LogP contribution >= 0.6 is 0 Å². The molecule has 0 spiro atoms. The molecule has 8 aromatic rings. The predicted molar refractivity (Wildman–Crippen MR) is 371 cm³/mol. The third-order valence-corrected chi connectivity index (χ3v) is 18.1. The highest BCUT2D eigenvalue weighted by atomic mass is 16.2. The number of fused-ring (bicyclic) bond motifs is 4. The van der Waals surface area contributed by atoms with Crippen LogP contribution in [0.3, 0.4) is 0 Å². The number of anilines is 8. The van der Waals surface area contributed by atoms with Crippen LogP contribution in [0.5, 0.6) is 0 Å². The van der Waals surface area contributed by atoms with Crippen LogP contribution in [0, 0.1) is 0 Å². The Morgan fingerprint density at radius 1 is 0.231 bits per heavy atom. The van der Waals surface area contributed by atoms with E-state index >= 15 is 0 Å². The largest absolute Gasteiger partial charge is 0.355 e. The first-order chi connectivity index (χ1) is 50.2. The number of carbonyl (C=O) groups is 16. The number of hydrogen-bond acceptors (Lipinski definition) is 20. The summed E-state index contributed by atoms with van der Waals surface area (Å²) < 4.78 is 0. The van der Waals surface area contributed by atoms with Gasteiger partial charge in [-0.1, -0.05) is 97.1 Å². The summed E-state index contributed by atoms with van der Waals surface area (Å²) in [5.41, 5.74) is 7.09. The summed E-state index contributed by atoms with van der Waals surface area (Å²) in [5.74, 6) is -8.23. The summed E-state index contributed by atoms with van der Waals surface area (Å²) >= 11 is 0. The Kier molecular flexibility index (Phi) is 19.2. The molecule has 0 radical (unpaired) electrons. The van der Waals surface area contributed by atoms with E-state index in [1.54, 1.807) is 72.8 Å². The third kappa shape index (κ3) is 13.5. The highest BCUT2D eigenvalue weighted by molar-refractivity contribution is 6.29. The molecule has 8 aliphatic rings. The number of para-hydroxylation sites is 4. The minimum Gasteiger partial charge on any atom is -0.355 e. The van der Waals surface area contributed by atoms with Crippen molar-refractivity contribution in [3.63, 3.8) is 0 Å². The van der Waals surface area contributed by atoms with Gasteiger partial charge in [-0.2, -0.15) is 0 Å². The van der Waals surface area contributed by atoms with Crippen molar-refractivity contribution in [3.05, 3.63) is 239 Å². The molecule has 4 saturated heterocycles. The topological polar surface area (TPSA) is 382 Å². The second-order valence-electron chi connectivity index (χ2n) is 24.7. The van der Waals surface area contributed by atoms with Gasteiger partial charge in [0.2, 0.25) is 47.3 Å². The molecule has 4 atom stereocenters. The molecule has 0 aliphatic carbocycles. The summed E-state index contributed by atoms with van der Waals surface area (Å²) in [6.07, 6.45) is 0.931. The lowest BCUT2D eigenvalue weighted by Gasteiger charge is -2.27. The van der Waals surface area contributed by atoms with Crippen molar-refractivity contribution >= 4 is 140 Å². The Balaban J connectivity index is 0.000000123.